The summed E-state index contributed by atoms with van der Waals surface area (Å²) in [6.07, 6.45) is 16.9. The Morgan fingerprint density at radius 1 is 0.492 bits per heavy atom. The summed E-state index contributed by atoms with van der Waals surface area (Å²) in [4.78, 5) is 138. The van der Waals surface area contributed by atoms with E-state index in [9.17, 15) is 48.3 Å². The number of ether oxygens (including phenoxy) is 10. The summed E-state index contributed by atoms with van der Waals surface area (Å²) in [5.41, 5.74) is 15.8. The second-order valence-electron chi connectivity index (χ2n) is 38.3. The highest BCUT2D eigenvalue weighted by atomic mass is 16.6. The van der Waals surface area contributed by atoms with Gasteiger partial charge in [0, 0.05) is 56.8 Å². The summed E-state index contributed by atoms with van der Waals surface area (Å²) in [6, 6.07) is 7.02. The molecular weight excluding hydrogens is 1700 g/mol. The van der Waals surface area contributed by atoms with Gasteiger partial charge in [-0.1, -0.05) is 91.7 Å². The minimum atomic E-state index is -1.22. The number of aryl methyl sites for hydroxylation is 2. The van der Waals surface area contributed by atoms with E-state index in [1.807, 2.05) is 44.2 Å². The lowest BCUT2D eigenvalue weighted by Gasteiger charge is -2.56. The number of phenolic OH excluding ortho intramolecular Hbond substituents is 1. The number of nitrogens with one attached hydrogen (secondary N) is 10. The number of nitrogens with two attached hydrogens (primary N) is 2. The van der Waals surface area contributed by atoms with Crippen LogP contribution in [0.2, 0.25) is 0 Å². The summed E-state index contributed by atoms with van der Waals surface area (Å²) < 4.78 is 57.8. The van der Waals surface area contributed by atoms with Crippen molar-refractivity contribution in [3.8, 4) is 17.6 Å². The molecule has 11 amide bonds. The molecule has 15 N–H and O–H groups in total. The number of hydrogen-bond donors (Lipinski definition) is 13. The standard InChI is InChI=1S/C98H157N13O21/c1-69(2)88(91(119)108-79(27-20-44-105-94(100)122)89(117)106-72-33-29-70-31-35-81-95(3,75(70)65-72)39-21-41-97(81,5)92(120)110-93(121)98(6)42-22-40-96(4)76-66-73(112)34-30-71(76)32-36-82(96)98)109-90(118)78(107-84(114)38-50-124-54-58-128-62-64-130-60-56-126-52-47-104-85(115)67-131-74-23-14-11-10-12-15-24-74)26-18-19-43-102-86(116)68-132-80-28-17-13-16-25-77(87(80)99)101-46-51-125-55-59-129-63-61-127-57-53-123-49-37-83(113)103-45-48-111(7,8)9/h29-30,33-34,65-66,69,74,78-82,88,101H,10-14,16-23,25-28,31-32,35-64,67-68,99H2,1-9H3,(H11-,100,102,103,104,105,106,107,108,109,110,112,113,114,115,116,117,118,119,120,121,122)/p+1/b87-77-/t74?,78-,79+,80?,81-,82-,88+,95-,96-,97+,98+/m1/s1. The van der Waals surface area contributed by atoms with Gasteiger partial charge in [0.2, 0.25) is 53.2 Å². The fourth-order valence-electron chi connectivity index (χ4n) is 19.5. The van der Waals surface area contributed by atoms with Crippen LogP contribution in [0.3, 0.4) is 0 Å². The molecule has 8 rings (SSSR count). The van der Waals surface area contributed by atoms with Crippen molar-refractivity contribution < 1.29 is 105 Å². The van der Waals surface area contributed by atoms with E-state index in [-0.39, 0.29) is 137 Å². The first-order valence-corrected chi connectivity index (χ1v) is 48.6. The number of amides is 11. The van der Waals surface area contributed by atoms with Gasteiger partial charge in [-0.3, -0.25) is 48.5 Å². The number of phenols is 1. The number of nitrogens with zero attached hydrogens (tertiary/aromatic N) is 1. The molecule has 0 saturated heterocycles. The lowest BCUT2D eigenvalue weighted by Crippen LogP contribution is -2.60. The lowest BCUT2D eigenvalue weighted by atomic mass is 9.49. The SMILES string of the molecule is CC(C)[C@H](NC(=O)[C@@H](CCCCNC(=O)COC1CCCCC/C(NCCOCCOCCOCCOCCC(=O)NCC[N+](C)(C)C)=C\1N)NC(=O)CCOCCOCCOCCOCCNC(=O)COC1C#CCCCCC1)C(=O)N[C@@H](CCCNC(N)=O)C(=O)Nc1ccc2c(c1)[C@@]1(C)CCC[C@](C)(C(=O)NC(=O)[C@@]3(C)CCC[C@]4(C)c5cc(O)ccc5CC[C@@H]34)[C@@H]1CC2. The predicted molar refractivity (Wildman–Crippen MR) is 500 cm³/mol. The first kappa shape index (κ1) is 109. The van der Waals surface area contributed by atoms with Gasteiger partial charge in [0.15, 0.2) is 0 Å². The average Bonchev–Trinajstić information content (AvgIpc) is 0.720. The number of carbonyl (C=O) groups is 10. The zero-order valence-corrected chi connectivity index (χ0v) is 80.4. The van der Waals surface area contributed by atoms with E-state index >= 15 is 4.79 Å². The molecule has 34 heteroatoms. The molecule has 0 aliphatic heterocycles. The van der Waals surface area contributed by atoms with Crippen LogP contribution < -0.4 is 64.6 Å². The summed E-state index contributed by atoms with van der Waals surface area (Å²) >= 11 is 0. The van der Waals surface area contributed by atoms with Crippen molar-refractivity contribution in [3.05, 3.63) is 70.0 Å². The zero-order valence-electron chi connectivity index (χ0n) is 80.4. The number of imide groups is 1. The van der Waals surface area contributed by atoms with Crippen LogP contribution in [0.1, 0.15) is 224 Å². The molecule has 2 unspecified atom stereocenters. The van der Waals surface area contributed by atoms with Crippen molar-refractivity contribution in [2.75, 3.05) is 185 Å². The number of benzene rings is 2. The monoisotopic (exact) mass is 1850 g/mol. The lowest BCUT2D eigenvalue weighted by molar-refractivity contribution is -0.869. The first-order valence-electron chi connectivity index (χ1n) is 48.6. The maximum absolute atomic E-state index is 15.1. The number of fused-ring (bicyclic) bond motifs is 6. The normalized spacial score (nSPS) is 23.0. The molecule has 2 saturated carbocycles. The third kappa shape index (κ3) is 35.9. The average molecular weight is 1850 g/mol. The Kier molecular flexibility index (Phi) is 46.7. The van der Waals surface area contributed by atoms with Crippen LogP contribution in [0.4, 0.5) is 10.5 Å². The van der Waals surface area contributed by atoms with E-state index in [2.05, 4.69) is 100.0 Å². The van der Waals surface area contributed by atoms with Crippen LogP contribution in [0.5, 0.6) is 5.75 Å². The number of hydrogen-bond acceptors (Lipinski definition) is 23. The van der Waals surface area contributed by atoms with Crippen molar-refractivity contribution in [1.29, 1.82) is 0 Å². The molecule has 6 aliphatic carbocycles. The van der Waals surface area contributed by atoms with E-state index in [0.717, 1.165) is 117 Å². The van der Waals surface area contributed by atoms with Crippen LogP contribution in [-0.2, 0) is 114 Å². The second-order valence-corrected chi connectivity index (χ2v) is 38.3. The van der Waals surface area contributed by atoms with Gasteiger partial charge in [-0.25, -0.2) is 4.79 Å². The molecule has 0 bridgehead atoms. The highest BCUT2D eigenvalue weighted by Gasteiger charge is 2.59. The number of quaternary nitrogens is 1. The Morgan fingerprint density at radius 3 is 1.61 bits per heavy atom. The number of urea groups is 1. The van der Waals surface area contributed by atoms with Crippen LogP contribution in [0, 0.1) is 40.4 Å². The molecule has 132 heavy (non-hydrogen) atoms. The molecule has 740 valence electrons. The molecule has 6 aliphatic rings. The first-order chi connectivity index (χ1) is 63.3. The minimum Gasteiger partial charge on any atom is -0.508 e. The molecule has 11 atom stereocenters. The van der Waals surface area contributed by atoms with Gasteiger partial charge in [-0.2, -0.15) is 0 Å². The Hall–Kier alpha value is -8.60. The van der Waals surface area contributed by atoms with Crippen LogP contribution in [-0.4, -0.2) is 278 Å². The van der Waals surface area contributed by atoms with Crippen molar-refractivity contribution >= 4 is 64.9 Å². The summed E-state index contributed by atoms with van der Waals surface area (Å²) in [5.74, 6) is 2.12. The largest absolute Gasteiger partial charge is 0.508 e. The number of primary amides is 1. The van der Waals surface area contributed by atoms with Crippen molar-refractivity contribution in [1.82, 2.24) is 47.9 Å². The topological polar surface area (TPSA) is 456 Å². The van der Waals surface area contributed by atoms with E-state index < -0.39 is 76.1 Å². The van der Waals surface area contributed by atoms with Gasteiger partial charge in [-0.15, -0.1) is 5.92 Å². The van der Waals surface area contributed by atoms with Crippen LogP contribution in [0.15, 0.2) is 47.8 Å². The van der Waals surface area contributed by atoms with Crippen molar-refractivity contribution in [3.63, 3.8) is 0 Å². The second kappa shape index (κ2) is 56.7. The summed E-state index contributed by atoms with van der Waals surface area (Å²) in [7, 11) is 6.23. The fourth-order valence-corrected chi connectivity index (χ4v) is 19.5. The number of unbranched alkanes of at least 4 members (excludes halogenated alkanes) is 1. The van der Waals surface area contributed by atoms with Crippen LogP contribution >= 0.6 is 0 Å². The van der Waals surface area contributed by atoms with Crippen molar-refractivity contribution in [2.24, 2.45) is 40.1 Å². The van der Waals surface area contributed by atoms with Gasteiger partial charge in [0.1, 0.15) is 43.2 Å². The Labute approximate surface area is 782 Å². The zero-order chi connectivity index (χ0) is 95.4. The van der Waals surface area contributed by atoms with Gasteiger partial charge < -0.3 is 116 Å². The Morgan fingerprint density at radius 2 is 1.01 bits per heavy atom. The quantitative estimate of drug-likeness (QED) is 0.0139. The van der Waals surface area contributed by atoms with E-state index in [1.165, 1.54) is 5.56 Å². The van der Waals surface area contributed by atoms with Gasteiger partial charge in [-0.05, 0) is 197 Å². The summed E-state index contributed by atoms with van der Waals surface area (Å²) in [5, 5.41) is 40.0. The molecule has 2 aromatic carbocycles. The molecule has 0 radical (unpaired) electrons. The molecule has 0 heterocycles. The van der Waals surface area contributed by atoms with Crippen molar-refractivity contribution in [2.45, 2.75) is 256 Å². The van der Waals surface area contributed by atoms with E-state index in [1.54, 1.807) is 19.9 Å². The number of rotatable bonds is 59. The maximum Gasteiger partial charge on any atom is 0.312 e. The molecule has 0 aromatic heterocycles. The molecule has 2 aromatic rings. The van der Waals surface area contributed by atoms with E-state index in [0.29, 0.717) is 175 Å². The molecule has 2 fully saturated rings. The summed E-state index contributed by atoms with van der Waals surface area (Å²) in [6.45, 7) is 19.2. The smallest absolute Gasteiger partial charge is 0.312 e. The highest BCUT2D eigenvalue weighted by molar-refractivity contribution is 6.01. The van der Waals surface area contributed by atoms with E-state index in [4.69, 9.17) is 58.8 Å². The fraction of sp³-hybridized carbons (Fsp3) is 0.735. The Balaban J connectivity index is 0.814. The van der Waals surface area contributed by atoms with Gasteiger partial charge in [0.25, 0.3) is 0 Å². The minimum absolute atomic E-state index is 0.00560. The third-order valence-corrected chi connectivity index (χ3v) is 26.9. The molecule has 0 spiro atoms. The third-order valence-electron chi connectivity index (χ3n) is 26.9. The maximum atomic E-state index is 15.1. The number of allylic oxidation sites excluding steroid dienone is 1. The molecular formula is C98H158N13O21+. The number of likely N-dealkylation sites (N-methyl/N-ethyl adjacent to an activating group) is 1. The molecule has 34 nitrogen and oxygen atoms in total. The number of carbonyl (C=O) groups excluding carboxylic acids is 10. The highest BCUT2D eigenvalue weighted by Crippen LogP contribution is 2.60. The van der Waals surface area contributed by atoms with Gasteiger partial charge >= 0.3 is 6.03 Å². The number of aromatic hydroxyl groups is 1. The number of anilines is 1. The van der Waals surface area contributed by atoms with Gasteiger partial charge in [0.05, 0.1) is 163 Å². The Bertz CT molecular complexity index is 4100. The predicted octanol–water partition coefficient (Wildman–Crippen LogP) is 6.85. The van der Waals surface area contributed by atoms with Crippen LogP contribution in [0.25, 0.3) is 0 Å².